The van der Waals surface area contributed by atoms with E-state index in [1.165, 1.54) is 44.4 Å². The zero-order valence-corrected chi connectivity index (χ0v) is 23.8. The third kappa shape index (κ3) is 2.91. The van der Waals surface area contributed by atoms with Crippen molar-refractivity contribution in [1.82, 2.24) is 0 Å². The lowest BCUT2D eigenvalue weighted by atomic mass is 9.85. The van der Waals surface area contributed by atoms with Crippen LogP contribution in [-0.4, -0.2) is 0 Å². The molecule has 1 aromatic heterocycles. The van der Waals surface area contributed by atoms with Crippen LogP contribution in [0.1, 0.15) is 11.1 Å². The molecule has 0 saturated carbocycles. The molecular weight excluding hydrogens is 536 g/mol. The van der Waals surface area contributed by atoms with Gasteiger partial charge in [0.15, 0.2) is 5.66 Å². The standard InChI is InChI=1S/C41H26N2O/c1-2-14-28(15-3-1)42-36-21-10-12-27-13-11-22-37(40(27)36)43(29-24-25-33-32-18-6-9-23-38(32)44-39(33)26-29)41(42)34-19-7-4-16-30(34)31-17-5-8-20-35(31)41/h1-26H. The van der Waals surface area contributed by atoms with Gasteiger partial charge < -0.3 is 14.2 Å². The van der Waals surface area contributed by atoms with Crippen LogP contribution in [-0.2, 0) is 5.66 Å². The largest absolute Gasteiger partial charge is 0.456 e. The maximum atomic E-state index is 6.49. The summed E-state index contributed by atoms with van der Waals surface area (Å²) >= 11 is 0. The molecule has 0 fully saturated rings. The van der Waals surface area contributed by atoms with Gasteiger partial charge >= 0.3 is 0 Å². The molecule has 2 aliphatic rings. The molecule has 10 rings (SSSR count). The Morgan fingerprint density at radius 2 is 1.02 bits per heavy atom. The fraction of sp³-hybridized carbons (Fsp3) is 0.0244. The lowest BCUT2D eigenvalue weighted by Gasteiger charge is -2.55. The third-order valence-electron chi connectivity index (χ3n) is 9.52. The van der Waals surface area contributed by atoms with E-state index < -0.39 is 5.66 Å². The van der Waals surface area contributed by atoms with E-state index in [-0.39, 0.29) is 0 Å². The predicted octanol–water partition coefficient (Wildman–Crippen LogP) is 10.9. The average Bonchev–Trinajstić information content (AvgIpc) is 3.59. The SMILES string of the molecule is c1ccc(N2c3cccc4cccc(c34)N(c3ccc4c(c3)oc3ccccc34)C23c2ccccc2-c2ccccc23)cc1. The topological polar surface area (TPSA) is 19.6 Å². The fourth-order valence-electron chi connectivity index (χ4n) is 7.88. The third-order valence-corrected chi connectivity index (χ3v) is 9.52. The Labute approximate surface area is 254 Å². The molecule has 0 unspecified atom stereocenters. The van der Waals surface area contributed by atoms with Crippen LogP contribution in [0, 0.1) is 0 Å². The number of rotatable bonds is 2. The van der Waals surface area contributed by atoms with Crippen LogP contribution < -0.4 is 9.80 Å². The maximum absolute atomic E-state index is 6.49. The van der Waals surface area contributed by atoms with Crippen molar-refractivity contribution in [3.05, 3.63) is 169 Å². The smallest absolute Gasteiger partial charge is 0.176 e. The summed E-state index contributed by atoms with van der Waals surface area (Å²) < 4.78 is 6.49. The van der Waals surface area contributed by atoms with Crippen LogP contribution >= 0.6 is 0 Å². The van der Waals surface area contributed by atoms with Gasteiger partial charge in [0.05, 0.1) is 11.4 Å². The molecule has 0 bridgehead atoms. The van der Waals surface area contributed by atoms with Crippen molar-refractivity contribution in [2.45, 2.75) is 5.66 Å². The summed E-state index contributed by atoms with van der Waals surface area (Å²) in [7, 11) is 0. The van der Waals surface area contributed by atoms with E-state index in [0.29, 0.717) is 0 Å². The van der Waals surface area contributed by atoms with E-state index in [1.807, 2.05) is 6.07 Å². The van der Waals surface area contributed by atoms with Gasteiger partial charge in [-0.2, -0.15) is 0 Å². The van der Waals surface area contributed by atoms with E-state index in [1.54, 1.807) is 0 Å². The summed E-state index contributed by atoms with van der Waals surface area (Å²) in [5.74, 6) is 0. The lowest BCUT2D eigenvalue weighted by molar-refractivity contribution is 0.541. The minimum atomic E-state index is -0.711. The van der Waals surface area contributed by atoms with Crippen LogP contribution in [0.4, 0.5) is 22.7 Å². The van der Waals surface area contributed by atoms with E-state index >= 15 is 0 Å². The Hall–Kier alpha value is -5.80. The van der Waals surface area contributed by atoms with Gasteiger partial charge in [0.2, 0.25) is 0 Å². The van der Waals surface area contributed by atoms with Crippen molar-refractivity contribution in [2.24, 2.45) is 0 Å². The molecule has 0 saturated heterocycles. The van der Waals surface area contributed by atoms with Gasteiger partial charge in [0.1, 0.15) is 11.2 Å². The first-order valence-electron chi connectivity index (χ1n) is 15.1. The number of para-hydroxylation sites is 2. The van der Waals surface area contributed by atoms with Crippen molar-refractivity contribution in [3.63, 3.8) is 0 Å². The number of hydrogen-bond donors (Lipinski definition) is 0. The van der Waals surface area contributed by atoms with Crippen molar-refractivity contribution >= 4 is 55.5 Å². The summed E-state index contributed by atoms with van der Waals surface area (Å²) in [5, 5.41) is 4.71. The van der Waals surface area contributed by atoms with Crippen LogP contribution in [0.2, 0.25) is 0 Å². The summed E-state index contributed by atoms with van der Waals surface area (Å²) in [6.07, 6.45) is 0. The quantitative estimate of drug-likeness (QED) is 0.209. The number of anilines is 4. The highest BCUT2D eigenvalue weighted by atomic mass is 16.3. The summed E-state index contributed by atoms with van der Waals surface area (Å²) in [5.41, 5.74) is 10.7. The van der Waals surface area contributed by atoms with Gasteiger partial charge in [-0.3, -0.25) is 0 Å². The fourth-order valence-corrected chi connectivity index (χ4v) is 7.88. The number of benzene rings is 7. The highest BCUT2D eigenvalue weighted by Crippen LogP contribution is 2.63. The average molecular weight is 563 g/mol. The highest BCUT2D eigenvalue weighted by molar-refractivity contribution is 6.12. The highest BCUT2D eigenvalue weighted by Gasteiger charge is 2.56. The van der Waals surface area contributed by atoms with Gasteiger partial charge in [-0.05, 0) is 59.0 Å². The van der Waals surface area contributed by atoms with Crippen LogP contribution in [0.15, 0.2) is 162 Å². The molecule has 3 heteroatoms. The molecule has 206 valence electrons. The molecular formula is C41H26N2O. The van der Waals surface area contributed by atoms with Crippen molar-refractivity contribution < 1.29 is 4.42 Å². The summed E-state index contributed by atoms with van der Waals surface area (Å²) in [6, 6.07) is 57.1. The lowest BCUT2D eigenvalue weighted by Crippen LogP contribution is -2.57. The minimum Gasteiger partial charge on any atom is -0.456 e. The molecule has 0 radical (unpaired) electrons. The first-order chi connectivity index (χ1) is 21.8. The summed E-state index contributed by atoms with van der Waals surface area (Å²) in [4.78, 5) is 5.13. The van der Waals surface area contributed by atoms with Crippen LogP contribution in [0.25, 0.3) is 43.8 Å². The first-order valence-corrected chi connectivity index (χ1v) is 15.1. The molecule has 1 aliphatic heterocycles. The first kappa shape index (κ1) is 23.7. The number of nitrogens with zero attached hydrogens (tertiary/aromatic N) is 2. The monoisotopic (exact) mass is 562 g/mol. The molecule has 0 N–H and O–H groups in total. The predicted molar refractivity (Wildman–Crippen MR) is 181 cm³/mol. The van der Waals surface area contributed by atoms with E-state index in [0.717, 1.165) is 33.3 Å². The molecule has 2 heterocycles. The molecule has 0 amide bonds. The van der Waals surface area contributed by atoms with Crippen LogP contribution in [0.5, 0.6) is 0 Å². The number of hydrogen-bond acceptors (Lipinski definition) is 3. The van der Waals surface area contributed by atoms with E-state index in [2.05, 4.69) is 161 Å². The molecule has 3 nitrogen and oxygen atoms in total. The van der Waals surface area contributed by atoms with Gasteiger partial charge in [-0.15, -0.1) is 0 Å². The summed E-state index contributed by atoms with van der Waals surface area (Å²) in [6.45, 7) is 0. The zero-order valence-electron chi connectivity index (χ0n) is 23.8. The Morgan fingerprint density at radius 3 is 1.75 bits per heavy atom. The van der Waals surface area contributed by atoms with Gasteiger partial charge in [0.25, 0.3) is 0 Å². The Balaban J connectivity index is 1.40. The van der Waals surface area contributed by atoms with E-state index in [9.17, 15) is 0 Å². The molecule has 1 spiro atoms. The molecule has 8 aromatic rings. The van der Waals surface area contributed by atoms with Gasteiger partial charge in [-0.1, -0.05) is 109 Å². The normalized spacial score (nSPS) is 14.5. The second-order valence-corrected chi connectivity index (χ2v) is 11.7. The molecule has 7 aromatic carbocycles. The van der Waals surface area contributed by atoms with Gasteiger partial charge in [0, 0.05) is 44.7 Å². The molecule has 0 atom stereocenters. The van der Waals surface area contributed by atoms with Crippen molar-refractivity contribution in [2.75, 3.05) is 9.80 Å². The Bertz CT molecular complexity index is 2370. The minimum absolute atomic E-state index is 0.711. The van der Waals surface area contributed by atoms with Crippen molar-refractivity contribution in [3.8, 4) is 11.1 Å². The van der Waals surface area contributed by atoms with Crippen molar-refractivity contribution in [1.29, 1.82) is 0 Å². The number of furan rings is 1. The second-order valence-electron chi connectivity index (χ2n) is 11.7. The molecule has 44 heavy (non-hydrogen) atoms. The number of fused-ring (bicyclic) bond motifs is 8. The Morgan fingerprint density at radius 1 is 0.432 bits per heavy atom. The Kier molecular flexibility index (Phi) is 4.65. The van der Waals surface area contributed by atoms with Crippen LogP contribution in [0.3, 0.4) is 0 Å². The zero-order chi connectivity index (χ0) is 28.8. The van der Waals surface area contributed by atoms with Gasteiger partial charge in [-0.25, -0.2) is 0 Å². The molecule has 1 aliphatic carbocycles. The maximum Gasteiger partial charge on any atom is 0.176 e. The van der Waals surface area contributed by atoms with E-state index in [4.69, 9.17) is 4.42 Å². The second kappa shape index (κ2) is 8.62.